The molecule has 0 radical (unpaired) electrons. The number of fused-ring (bicyclic) bond motifs is 2. The summed E-state index contributed by atoms with van der Waals surface area (Å²) in [6.07, 6.45) is -42.5. The first-order chi connectivity index (χ1) is 31.1. The molecule has 384 valence electrons. The Balaban J connectivity index is 2.17. The van der Waals surface area contributed by atoms with Gasteiger partial charge < -0.3 is 151 Å². The molecule has 5 aliphatic heterocycles. The zero-order chi connectivity index (χ0) is 49.7. The van der Waals surface area contributed by atoms with Crippen LogP contribution in [-0.2, 0) is 37.9 Å². The van der Waals surface area contributed by atoms with E-state index in [4.69, 9.17) is 43.6 Å². The van der Waals surface area contributed by atoms with Crippen molar-refractivity contribution >= 4 is 0 Å². The SMILES string of the molecule is NCCC1OC(O)/C(O)=C(\O)C(CCO)OC2OC(CO)C(OC3OC(CO)C(OC(O)/C(O)=C(/O)C(CCO)OC(O)/C(O)=C(\O)C(CCO)OC(O)/C(O)=C/1O)C(O)C3O)C(O)C2O. The third-order valence-electron chi connectivity index (χ3n) is 10.2. The summed E-state index contributed by atoms with van der Waals surface area (Å²) >= 11 is 0. The summed E-state index contributed by atoms with van der Waals surface area (Å²) in [4.78, 5) is 0. The lowest BCUT2D eigenvalue weighted by Crippen LogP contribution is -2.65. The number of ether oxygens (including phenoxy) is 8. The minimum atomic E-state index is -2.76. The molecule has 30 heteroatoms. The van der Waals surface area contributed by atoms with Crippen molar-refractivity contribution in [1.29, 1.82) is 0 Å². The maximum absolute atomic E-state index is 11.1. The van der Waals surface area contributed by atoms with Crippen molar-refractivity contribution in [1.82, 2.24) is 0 Å². The van der Waals surface area contributed by atoms with E-state index in [2.05, 4.69) is 0 Å². The lowest BCUT2D eigenvalue weighted by atomic mass is 9.96. The van der Waals surface area contributed by atoms with Crippen LogP contribution in [0.2, 0.25) is 0 Å². The first-order valence-electron chi connectivity index (χ1n) is 20.0. The van der Waals surface area contributed by atoms with E-state index < -0.39 is 222 Å². The highest BCUT2D eigenvalue weighted by Gasteiger charge is 2.52. The summed E-state index contributed by atoms with van der Waals surface area (Å²) in [5.41, 5.74) is 5.55. The average molecular weight is 972 g/mol. The Labute approximate surface area is 373 Å². The van der Waals surface area contributed by atoms with Crippen LogP contribution >= 0.6 is 0 Å². The zero-order valence-electron chi connectivity index (χ0n) is 34.7. The van der Waals surface area contributed by atoms with E-state index in [1.807, 2.05) is 0 Å². The Morgan fingerprint density at radius 2 is 0.621 bits per heavy atom. The topological polar surface area (TPSA) is 525 Å². The summed E-state index contributed by atoms with van der Waals surface area (Å²) < 4.78 is 42.4. The molecule has 4 bridgehead atoms. The van der Waals surface area contributed by atoms with Crippen LogP contribution < -0.4 is 5.73 Å². The fraction of sp³-hybridized carbons (Fsp3) is 0.778. The van der Waals surface area contributed by atoms with Gasteiger partial charge in [0.15, 0.2) is 58.7 Å². The van der Waals surface area contributed by atoms with E-state index in [0.29, 0.717) is 0 Å². The highest BCUT2D eigenvalue weighted by atomic mass is 16.8. The maximum Gasteiger partial charge on any atom is 0.218 e. The van der Waals surface area contributed by atoms with Crippen LogP contribution in [0, 0.1) is 0 Å². The molecule has 18 unspecified atom stereocenters. The monoisotopic (exact) mass is 971 g/mol. The molecule has 0 saturated carbocycles. The van der Waals surface area contributed by atoms with Gasteiger partial charge in [0, 0.05) is 39.1 Å². The van der Waals surface area contributed by atoms with E-state index in [1.165, 1.54) is 0 Å². The molecular weight excluding hydrogens is 910 g/mol. The lowest BCUT2D eigenvalue weighted by Gasteiger charge is -2.47. The summed E-state index contributed by atoms with van der Waals surface area (Å²) in [5.74, 6) is -11.8. The quantitative estimate of drug-likeness (QED) is 0.0967. The van der Waals surface area contributed by atoms with Crippen LogP contribution in [0.15, 0.2) is 46.1 Å². The lowest BCUT2D eigenvalue weighted by molar-refractivity contribution is -0.368. The molecule has 23 N–H and O–H groups in total. The van der Waals surface area contributed by atoms with Crippen molar-refractivity contribution in [2.24, 2.45) is 5.73 Å². The summed E-state index contributed by atoms with van der Waals surface area (Å²) in [5, 5.41) is 222. The van der Waals surface area contributed by atoms with Gasteiger partial charge in [0.05, 0.1) is 13.2 Å². The molecule has 2 fully saturated rings. The van der Waals surface area contributed by atoms with Crippen LogP contribution in [0.25, 0.3) is 0 Å². The Morgan fingerprint density at radius 3 is 0.939 bits per heavy atom. The predicted molar refractivity (Wildman–Crippen MR) is 207 cm³/mol. The largest absolute Gasteiger partial charge is 0.506 e. The molecule has 18 atom stereocenters. The van der Waals surface area contributed by atoms with Gasteiger partial charge in [-0.2, -0.15) is 0 Å². The number of hydrogen-bond acceptors (Lipinski definition) is 30. The number of aliphatic hydroxyl groups excluding tert-OH is 21. The first kappa shape index (κ1) is 56.8. The Morgan fingerprint density at radius 1 is 0.333 bits per heavy atom. The third-order valence-corrected chi connectivity index (χ3v) is 10.2. The van der Waals surface area contributed by atoms with Gasteiger partial charge in [0.2, 0.25) is 25.2 Å². The van der Waals surface area contributed by atoms with Crippen molar-refractivity contribution in [2.75, 3.05) is 39.6 Å². The van der Waals surface area contributed by atoms with Crippen molar-refractivity contribution in [2.45, 2.75) is 137 Å². The minimum absolute atomic E-state index is 0.419. The fourth-order valence-corrected chi connectivity index (χ4v) is 6.60. The van der Waals surface area contributed by atoms with E-state index in [1.54, 1.807) is 0 Å². The molecular formula is C36H61NO29. The molecule has 2 saturated heterocycles. The smallest absolute Gasteiger partial charge is 0.218 e. The van der Waals surface area contributed by atoms with Crippen LogP contribution in [0.4, 0.5) is 0 Å². The van der Waals surface area contributed by atoms with Gasteiger partial charge in [0.1, 0.15) is 73.2 Å². The van der Waals surface area contributed by atoms with E-state index in [-0.39, 0.29) is 0 Å². The summed E-state index contributed by atoms with van der Waals surface area (Å²) in [7, 11) is 0. The molecule has 0 aromatic carbocycles. The van der Waals surface area contributed by atoms with Gasteiger partial charge in [0.25, 0.3) is 0 Å². The van der Waals surface area contributed by atoms with Crippen molar-refractivity contribution < 1.29 is 145 Å². The Hall–Kier alpha value is -3.52. The number of rotatable bonds is 10. The van der Waals surface area contributed by atoms with Gasteiger partial charge in [-0.1, -0.05) is 0 Å². The minimum Gasteiger partial charge on any atom is -0.506 e. The first-order valence-corrected chi connectivity index (χ1v) is 20.0. The van der Waals surface area contributed by atoms with Crippen LogP contribution in [0.1, 0.15) is 25.7 Å². The predicted octanol–water partition coefficient (Wildman–Crippen LogP) is -6.73. The maximum atomic E-state index is 11.1. The number of aliphatic hydroxyl groups is 21. The summed E-state index contributed by atoms with van der Waals surface area (Å²) in [6, 6.07) is 0. The molecule has 66 heavy (non-hydrogen) atoms. The van der Waals surface area contributed by atoms with Crippen molar-refractivity contribution in [3.05, 3.63) is 46.1 Å². The van der Waals surface area contributed by atoms with Crippen LogP contribution in [0.3, 0.4) is 0 Å². The van der Waals surface area contributed by atoms with Gasteiger partial charge in [-0.3, -0.25) is 0 Å². The van der Waals surface area contributed by atoms with E-state index in [9.17, 15) is 107 Å². The standard InChI is InChI=1S/C36H61NO29/c37-5-1-11-17(43)23(49)32(56)60-12(2-6-38)18(44)24(50)33(57)61-13(3-7-39)19(45)26(52)34(58)65-29-15(9-41)64-36(28(54)21(29)47)66-30-16(10-42)63-35(27(53)22(30)48)62-14(4-8-40)20(46)25(51)31(55)59-11/h11-16,21-22,27-36,38-58H,1-10,37H2/b23-17+,24-18+,25-20+,26-19-. The van der Waals surface area contributed by atoms with Crippen molar-refractivity contribution in [3.8, 4) is 0 Å². The van der Waals surface area contributed by atoms with Crippen LogP contribution in [0.5, 0.6) is 0 Å². The van der Waals surface area contributed by atoms with Crippen LogP contribution in [-0.4, -0.2) is 258 Å². The fourth-order valence-electron chi connectivity index (χ4n) is 6.60. The second kappa shape index (κ2) is 26.3. The van der Waals surface area contributed by atoms with E-state index >= 15 is 0 Å². The molecule has 0 aromatic rings. The van der Waals surface area contributed by atoms with Gasteiger partial charge >= 0.3 is 0 Å². The molecule has 0 amide bonds. The molecule has 0 aromatic heterocycles. The Bertz CT molecular complexity index is 1630. The second-order valence-corrected chi connectivity index (χ2v) is 14.7. The third kappa shape index (κ3) is 13.8. The van der Waals surface area contributed by atoms with Gasteiger partial charge in [-0.15, -0.1) is 0 Å². The Kier molecular flexibility index (Phi) is 22.6. The van der Waals surface area contributed by atoms with Crippen molar-refractivity contribution in [3.63, 3.8) is 0 Å². The summed E-state index contributed by atoms with van der Waals surface area (Å²) in [6.45, 7) is -5.26. The molecule has 5 heterocycles. The molecule has 0 aliphatic carbocycles. The number of hydrogen-bond donors (Lipinski definition) is 22. The molecule has 30 nitrogen and oxygen atoms in total. The number of nitrogens with two attached hydrogens (primary N) is 1. The van der Waals surface area contributed by atoms with Gasteiger partial charge in [-0.25, -0.2) is 0 Å². The van der Waals surface area contributed by atoms with E-state index in [0.717, 1.165) is 0 Å². The average Bonchev–Trinajstić information content (AvgIpc) is 3.30. The highest BCUT2D eigenvalue weighted by molar-refractivity contribution is 5.13. The molecule has 0 spiro atoms. The highest BCUT2D eigenvalue weighted by Crippen LogP contribution is 2.33. The van der Waals surface area contributed by atoms with Gasteiger partial charge in [-0.05, 0) is 13.0 Å². The normalized spacial score (nSPS) is 43.8. The second-order valence-electron chi connectivity index (χ2n) is 14.7. The molecule has 5 aliphatic rings. The zero-order valence-corrected chi connectivity index (χ0v) is 34.7. The molecule has 5 rings (SSSR count).